The molecule has 0 atom stereocenters. The van der Waals surface area contributed by atoms with Crippen molar-refractivity contribution in [1.82, 2.24) is 0 Å². The Balaban J connectivity index is 0.000000321. The average Bonchev–Trinajstić information content (AvgIpc) is 3.92. The summed E-state index contributed by atoms with van der Waals surface area (Å²) in [5.41, 5.74) is 14.2. The molecule has 0 radical (unpaired) electrons. The maximum absolute atomic E-state index is 2.99. The third kappa shape index (κ3) is 14.3. The summed E-state index contributed by atoms with van der Waals surface area (Å²) in [6.07, 6.45) is 14.4. The first kappa shape index (κ1) is 52.6. The van der Waals surface area contributed by atoms with Gasteiger partial charge in [0.15, 0.2) is 0 Å². The number of hydrogen-bond acceptors (Lipinski definition) is 0. The minimum atomic E-state index is 0. The van der Waals surface area contributed by atoms with Gasteiger partial charge in [-0.25, -0.2) is 12.2 Å². The van der Waals surface area contributed by atoms with Gasteiger partial charge in [0.25, 0.3) is 0 Å². The number of hydrogen-bond donors (Lipinski definition) is 0. The number of allylic oxidation sites excluding steroid dienone is 4. The van der Waals surface area contributed by atoms with E-state index in [9.17, 15) is 0 Å². The van der Waals surface area contributed by atoms with Gasteiger partial charge in [-0.15, -0.1) is 46.2 Å². The van der Waals surface area contributed by atoms with Gasteiger partial charge in [0.05, 0.1) is 0 Å². The van der Waals surface area contributed by atoms with Gasteiger partial charge >= 0.3 is 112 Å². The van der Waals surface area contributed by atoms with Crippen LogP contribution < -0.4 is 24.8 Å². The Bertz CT molecular complexity index is 2450. The molecule has 0 aliphatic heterocycles. The van der Waals surface area contributed by atoms with Gasteiger partial charge in [0.2, 0.25) is 0 Å². The average molecular weight is 963 g/mol. The number of fused-ring (bicyclic) bond motifs is 3. The molecule has 64 heavy (non-hydrogen) atoms. The Morgan fingerprint density at radius 3 is 1.27 bits per heavy atom. The summed E-state index contributed by atoms with van der Waals surface area (Å²) in [5.74, 6) is 1.24. The Hall–Kier alpha value is -4.00. The van der Waals surface area contributed by atoms with E-state index in [-0.39, 0.29) is 35.6 Å². The third-order valence-electron chi connectivity index (χ3n) is 11.6. The standard InChI is InChI=1S/C41H49.C15H14.C5H5.2ClH.Zr/c1-26(2)19-28-15-11-13-17-32(28)36-22-30-21-31-23-37(33-18-14-12-16-29(33)20-27(3)4)39(41(8,9)10)25-35(31)34(30)24-38(36)40(5,6)7;1-3-8-14(9-4-1)12-7-13-15-10-5-2-6-11-15;1-2-4-5-3-1;;;/h11-18,21-27H,19-20H2,1-10H3;1-6,8-11H,12-13H2;1-3H,4H2;2*1H;/q-1;;-1;;;+2/p-2. The zero-order chi connectivity index (χ0) is 44.4. The van der Waals surface area contributed by atoms with Crippen LogP contribution in [0.4, 0.5) is 0 Å². The van der Waals surface area contributed by atoms with E-state index in [0.717, 1.165) is 32.1 Å². The zero-order valence-electron chi connectivity index (χ0n) is 40.0. The summed E-state index contributed by atoms with van der Waals surface area (Å²) in [7, 11) is 0. The maximum atomic E-state index is 2.99. The molecule has 0 aromatic heterocycles. The molecule has 0 bridgehead atoms. The first-order valence-electron chi connectivity index (χ1n) is 22.8. The number of halogens is 2. The van der Waals surface area contributed by atoms with Crippen molar-refractivity contribution in [3.05, 3.63) is 197 Å². The number of benzene rings is 6. The van der Waals surface area contributed by atoms with E-state index in [1.807, 2.05) is 12.2 Å². The summed E-state index contributed by atoms with van der Waals surface area (Å²) < 4.78 is 1.60. The third-order valence-corrected chi connectivity index (χ3v) is 12.4. The van der Waals surface area contributed by atoms with Crippen molar-refractivity contribution in [2.24, 2.45) is 11.8 Å². The fourth-order valence-corrected chi connectivity index (χ4v) is 9.68. The van der Waals surface area contributed by atoms with Crippen LogP contribution in [-0.4, -0.2) is 3.21 Å². The van der Waals surface area contributed by atoms with Crippen molar-refractivity contribution in [3.8, 4) is 22.3 Å². The predicted octanol–water partition coefficient (Wildman–Crippen LogP) is 10.5. The van der Waals surface area contributed by atoms with Crippen molar-refractivity contribution in [2.75, 3.05) is 0 Å². The van der Waals surface area contributed by atoms with Crippen molar-refractivity contribution < 1.29 is 49.0 Å². The minimum absolute atomic E-state index is 0. The Labute approximate surface area is 414 Å². The first-order chi connectivity index (χ1) is 29.6. The van der Waals surface area contributed by atoms with E-state index in [1.54, 1.807) is 27.4 Å². The quantitative estimate of drug-likeness (QED) is 0.120. The van der Waals surface area contributed by atoms with E-state index >= 15 is 0 Å². The molecular formula is C61H68Cl2Zr-2. The topological polar surface area (TPSA) is 0 Å². The SMILES string of the molecule is CC(C)Cc1ccccc1-c1cc2[cH-]c3cc(-c4ccccc4CC(C)C)c(C(C)(C)C)cc3c2cc1C(C)(C)C.[C-]1=CC=CC1.[Cl-].[Cl-].[Zr+2]=[C](Cc1ccccc1)Cc1ccccc1. The van der Waals surface area contributed by atoms with E-state index in [4.69, 9.17) is 0 Å². The molecule has 0 saturated heterocycles. The molecule has 0 saturated carbocycles. The van der Waals surface area contributed by atoms with E-state index in [0.29, 0.717) is 11.8 Å². The molecule has 332 valence electrons. The molecule has 1 aliphatic rings. The summed E-state index contributed by atoms with van der Waals surface area (Å²) in [4.78, 5) is 0. The van der Waals surface area contributed by atoms with Crippen molar-refractivity contribution in [1.29, 1.82) is 0 Å². The fraction of sp³-hybridized carbons (Fsp3) is 0.311. The van der Waals surface area contributed by atoms with Crippen LogP contribution in [0.3, 0.4) is 0 Å². The molecule has 1 aliphatic carbocycles. The predicted molar refractivity (Wildman–Crippen MR) is 269 cm³/mol. The van der Waals surface area contributed by atoms with Crippen LogP contribution in [0.2, 0.25) is 0 Å². The molecule has 0 nitrogen and oxygen atoms in total. The molecule has 8 rings (SSSR count). The molecular weight excluding hydrogens is 895 g/mol. The molecule has 0 fully saturated rings. The number of rotatable bonds is 10. The molecule has 0 amide bonds. The van der Waals surface area contributed by atoms with Gasteiger partial charge in [0, 0.05) is 0 Å². The van der Waals surface area contributed by atoms with E-state index in [2.05, 4.69) is 221 Å². The van der Waals surface area contributed by atoms with Gasteiger partial charge in [0.1, 0.15) is 0 Å². The van der Waals surface area contributed by atoms with Crippen LogP contribution in [-0.2, 0) is 60.7 Å². The van der Waals surface area contributed by atoms with Crippen molar-refractivity contribution in [2.45, 2.75) is 112 Å². The van der Waals surface area contributed by atoms with Gasteiger partial charge in [-0.1, -0.05) is 130 Å². The van der Waals surface area contributed by atoms with Gasteiger partial charge < -0.3 is 24.8 Å². The Morgan fingerprint density at radius 2 is 0.938 bits per heavy atom. The molecule has 0 unspecified atom stereocenters. The van der Waals surface area contributed by atoms with Crippen LogP contribution in [0.5, 0.6) is 0 Å². The van der Waals surface area contributed by atoms with Crippen molar-refractivity contribution >= 4 is 24.8 Å². The molecule has 3 heteroatoms. The van der Waals surface area contributed by atoms with E-state index in [1.165, 1.54) is 77.2 Å². The van der Waals surface area contributed by atoms with Crippen LogP contribution in [0.1, 0.15) is 109 Å². The van der Waals surface area contributed by atoms with Crippen molar-refractivity contribution in [3.63, 3.8) is 0 Å². The molecule has 7 aromatic carbocycles. The van der Waals surface area contributed by atoms with Gasteiger partial charge in [-0.2, -0.15) is 6.08 Å². The summed E-state index contributed by atoms with van der Waals surface area (Å²) in [5, 5.41) is 5.44. The van der Waals surface area contributed by atoms with Crippen LogP contribution >= 0.6 is 0 Å². The monoisotopic (exact) mass is 960 g/mol. The Kier molecular flexibility index (Phi) is 19.7. The molecule has 0 heterocycles. The normalized spacial score (nSPS) is 12.1. The van der Waals surface area contributed by atoms with E-state index < -0.39 is 0 Å². The second kappa shape index (κ2) is 24.0. The van der Waals surface area contributed by atoms with Crippen LogP contribution in [0.25, 0.3) is 43.8 Å². The van der Waals surface area contributed by atoms with Gasteiger partial charge in [-0.05, 0) is 80.0 Å². The summed E-state index contributed by atoms with van der Waals surface area (Å²) in [6.45, 7) is 23.4. The van der Waals surface area contributed by atoms with Crippen LogP contribution in [0.15, 0.2) is 158 Å². The second-order valence-electron chi connectivity index (χ2n) is 20.1. The summed E-state index contributed by atoms with van der Waals surface area (Å²) in [6, 6.07) is 51.9. The fourth-order valence-electron chi connectivity index (χ4n) is 8.68. The Morgan fingerprint density at radius 1 is 0.547 bits per heavy atom. The molecule has 0 spiro atoms. The second-order valence-corrected chi connectivity index (χ2v) is 21.8. The van der Waals surface area contributed by atoms with Gasteiger partial charge in [-0.3, -0.25) is 6.08 Å². The summed E-state index contributed by atoms with van der Waals surface area (Å²) >= 11 is 1.55. The zero-order valence-corrected chi connectivity index (χ0v) is 43.9. The van der Waals surface area contributed by atoms with Crippen LogP contribution in [0, 0.1) is 17.9 Å². The molecule has 7 aromatic rings. The molecule has 0 N–H and O–H groups in total. The first-order valence-corrected chi connectivity index (χ1v) is 24.1.